The number of methoxy groups -OCH3 is 1. The van der Waals surface area contributed by atoms with E-state index >= 15 is 0 Å². The summed E-state index contributed by atoms with van der Waals surface area (Å²) in [5, 5.41) is 3.54. The average Bonchev–Trinajstić information content (AvgIpc) is 2.92. The van der Waals surface area contributed by atoms with Crippen LogP contribution in [0.5, 0.6) is 5.75 Å². The lowest BCUT2D eigenvalue weighted by Crippen LogP contribution is -2.21. The molecule has 1 aromatic carbocycles. The molecule has 0 radical (unpaired) electrons. The van der Waals surface area contributed by atoms with E-state index in [0.717, 1.165) is 31.1 Å². The first-order valence-corrected chi connectivity index (χ1v) is 7.53. The predicted octanol–water partition coefficient (Wildman–Crippen LogP) is 3.46. The molecular weight excluding hydrogens is 262 g/mol. The third-order valence-electron chi connectivity index (χ3n) is 3.68. The maximum atomic E-state index is 5.46. The molecule has 114 valence electrons. The molecular formula is C17H25N3O. The van der Waals surface area contributed by atoms with Crippen molar-refractivity contribution in [2.24, 2.45) is 0 Å². The van der Waals surface area contributed by atoms with Crippen molar-refractivity contribution in [2.75, 3.05) is 7.11 Å². The van der Waals surface area contributed by atoms with Gasteiger partial charge in [0.2, 0.25) is 0 Å². The SMILES string of the molecule is CCCn1ccnc1CNC(C)c1cc(C)ccc1OC. The largest absolute Gasteiger partial charge is 0.496 e. The van der Waals surface area contributed by atoms with Crippen molar-refractivity contribution >= 4 is 0 Å². The number of hydrogen-bond acceptors (Lipinski definition) is 3. The number of nitrogens with zero attached hydrogens (tertiary/aromatic N) is 2. The summed E-state index contributed by atoms with van der Waals surface area (Å²) in [4.78, 5) is 4.43. The van der Waals surface area contributed by atoms with Crippen LogP contribution in [-0.2, 0) is 13.1 Å². The molecule has 0 aliphatic rings. The normalized spacial score (nSPS) is 12.4. The molecule has 0 aliphatic carbocycles. The van der Waals surface area contributed by atoms with Gasteiger partial charge in [-0.05, 0) is 26.3 Å². The summed E-state index contributed by atoms with van der Waals surface area (Å²) in [6.07, 6.45) is 5.02. The minimum atomic E-state index is 0.214. The van der Waals surface area contributed by atoms with E-state index in [9.17, 15) is 0 Å². The molecule has 1 aromatic heterocycles. The fraction of sp³-hybridized carbons (Fsp3) is 0.471. The second-order valence-corrected chi connectivity index (χ2v) is 5.38. The summed E-state index contributed by atoms with van der Waals surface area (Å²) in [7, 11) is 1.72. The molecule has 0 spiro atoms. The average molecular weight is 287 g/mol. The second kappa shape index (κ2) is 7.27. The smallest absolute Gasteiger partial charge is 0.123 e. The number of rotatable bonds is 7. The van der Waals surface area contributed by atoms with Gasteiger partial charge in [0.05, 0.1) is 13.7 Å². The predicted molar refractivity (Wildman–Crippen MR) is 85.5 cm³/mol. The fourth-order valence-corrected chi connectivity index (χ4v) is 2.50. The molecule has 21 heavy (non-hydrogen) atoms. The molecule has 1 N–H and O–H groups in total. The van der Waals surface area contributed by atoms with E-state index < -0.39 is 0 Å². The van der Waals surface area contributed by atoms with Crippen LogP contribution in [0, 0.1) is 6.92 Å². The van der Waals surface area contributed by atoms with Crippen LogP contribution in [0.25, 0.3) is 0 Å². The fourth-order valence-electron chi connectivity index (χ4n) is 2.50. The Morgan fingerprint density at radius 1 is 1.38 bits per heavy atom. The van der Waals surface area contributed by atoms with Gasteiger partial charge in [-0.2, -0.15) is 0 Å². The zero-order chi connectivity index (χ0) is 15.2. The Kier molecular flexibility index (Phi) is 5.39. The number of aryl methyl sites for hydroxylation is 2. The number of aromatic nitrogens is 2. The highest BCUT2D eigenvalue weighted by Gasteiger charge is 2.12. The number of ether oxygens (including phenoxy) is 1. The Hall–Kier alpha value is -1.81. The van der Waals surface area contributed by atoms with Crippen molar-refractivity contribution in [1.82, 2.24) is 14.9 Å². The van der Waals surface area contributed by atoms with E-state index in [-0.39, 0.29) is 6.04 Å². The summed E-state index contributed by atoms with van der Waals surface area (Å²) < 4.78 is 7.66. The van der Waals surface area contributed by atoms with E-state index in [1.807, 2.05) is 18.5 Å². The van der Waals surface area contributed by atoms with Crippen LogP contribution in [0.3, 0.4) is 0 Å². The zero-order valence-corrected chi connectivity index (χ0v) is 13.4. The van der Waals surface area contributed by atoms with Crippen LogP contribution in [0.2, 0.25) is 0 Å². The Morgan fingerprint density at radius 2 is 2.19 bits per heavy atom. The highest BCUT2D eigenvalue weighted by molar-refractivity contribution is 5.38. The first-order valence-electron chi connectivity index (χ1n) is 7.53. The van der Waals surface area contributed by atoms with Gasteiger partial charge in [0.25, 0.3) is 0 Å². The third-order valence-corrected chi connectivity index (χ3v) is 3.68. The molecule has 0 aliphatic heterocycles. The lowest BCUT2D eigenvalue weighted by molar-refractivity contribution is 0.400. The third kappa shape index (κ3) is 3.85. The van der Waals surface area contributed by atoms with Gasteiger partial charge in [0.1, 0.15) is 11.6 Å². The highest BCUT2D eigenvalue weighted by atomic mass is 16.5. The molecule has 4 nitrogen and oxygen atoms in total. The topological polar surface area (TPSA) is 39.1 Å². The molecule has 2 rings (SSSR count). The maximum absolute atomic E-state index is 5.46. The van der Waals surface area contributed by atoms with Gasteiger partial charge in [-0.1, -0.05) is 24.6 Å². The van der Waals surface area contributed by atoms with Crippen molar-refractivity contribution in [3.8, 4) is 5.75 Å². The van der Waals surface area contributed by atoms with E-state index in [4.69, 9.17) is 4.74 Å². The second-order valence-electron chi connectivity index (χ2n) is 5.38. The number of benzene rings is 1. The lowest BCUT2D eigenvalue weighted by Gasteiger charge is -2.18. The standard InChI is InChI=1S/C17H25N3O/c1-5-9-20-10-8-18-17(20)12-19-14(3)15-11-13(2)6-7-16(15)21-4/h6-8,10-11,14,19H,5,9,12H2,1-4H3. The van der Waals surface area contributed by atoms with Gasteiger partial charge in [-0.15, -0.1) is 0 Å². The first kappa shape index (κ1) is 15.6. The molecule has 0 fully saturated rings. The van der Waals surface area contributed by atoms with E-state index in [1.54, 1.807) is 7.11 Å². The zero-order valence-electron chi connectivity index (χ0n) is 13.4. The molecule has 0 saturated heterocycles. The quantitative estimate of drug-likeness (QED) is 0.847. The summed E-state index contributed by atoms with van der Waals surface area (Å²) in [5.41, 5.74) is 2.43. The van der Waals surface area contributed by atoms with Crippen LogP contribution >= 0.6 is 0 Å². The Balaban J connectivity index is 2.06. The molecule has 1 atom stereocenters. The molecule has 0 saturated carbocycles. The van der Waals surface area contributed by atoms with E-state index in [1.165, 1.54) is 11.1 Å². The molecule has 4 heteroatoms. The van der Waals surface area contributed by atoms with Crippen LogP contribution < -0.4 is 10.1 Å². The Bertz CT molecular complexity index is 577. The minimum Gasteiger partial charge on any atom is -0.496 e. The highest BCUT2D eigenvalue weighted by Crippen LogP contribution is 2.26. The summed E-state index contributed by atoms with van der Waals surface area (Å²) >= 11 is 0. The van der Waals surface area contributed by atoms with Gasteiger partial charge in [-0.25, -0.2) is 4.98 Å². The monoisotopic (exact) mass is 287 g/mol. The van der Waals surface area contributed by atoms with Crippen LogP contribution in [-0.4, -0.2) is 16.7 Å². The van der Waals surface area contributed by atoms with Crippen molar-refractivity contribution in [1.29, 1.82) is 0 Å². The molecule has 2 aromatic rings. The van der Waals surface area contributed by atoms with Gasteiger partial charge in [0.15, 0.2) is 0 Å². The maximum Gasteiger partial charge on any atom is 0.123 e. The van der Waals surface area contributed by atoms with Crippen molar-refractivity contribution in [3.63, 3.8) is 0 Å². The first-order chi connectivity index (χ1) is 10.2. The van der Waals surface area contributed by atoms with Crippen molar-refractivity contribution in [3.05, 3.63) is 47.5 Å². The van der Waals surface area contributed by atoms with Crippen molar-refractivity contribution in [2.45, 2.75) is 46.3 Å². The van der Waals surface area contributed by atoms with Gasteiger partial charge in [0, 0.05) is 30.5 Å². The van der Waals surface area contributed by atoms with Gasteiger partial charge >= 0.3 is 0 Å². The molecule has 1 unspecified atom stereocenters. The minimum absolute atomic E-state index is 0.214. The Morgan fingerprint density at radius 3 is 2.90 bits per heavy atom. The molecule has 1 heterocycles. The summed E-state index contributed by atoms with van der Waals surface area (Å²) in [6.45, 7) is 8.20. The van der Waals surface area contributed by atoms with Crippen LogP contribution in [0.15, 0.2) is 30.6 Å². The number of imidazole rings is 1. The van der Waals surface area contributed by atoms with E-state index in [2.05, 4.69) is 47.8 Å². The van der Waals surface area contributed by atoms with Crippen molar-refractivity contribution < 1.29 is 4.74 Å². The lowest BCUT2D eigenvalue weighted by atomic mass is 10.0. The number of hydrogen-bond donors (Lipinski definition) is 1. The Labute approximate surface area is 127 Å². The molecule has 0 bridgehead atoms. The van der Waals surface area contributed by atoms with Gasteiger partial charge in [-0.3, -0.25) is 0 Å². The van der Waals surface area contributed by atoms with Crippen LogP contribution in [0.4, 0.5) is 0 Å². The molecule has 0 amide bonds. The summed E-state index contributed by atoms with van der Waals surface area (Å²) in [6, 6.07) is 6.49. The van der Waals surface area contributed by atoms with Gasteiger partial charge < -0.3 is 14.6 Å². The summed E-state index contributed by atoms with van der Waals surface area (Å²) in [5.74, 6) is 2.01. The van der Waals surface area contributed by atoms with Crippen LogP contribution in [0.1, 0.15) is 43.3 Å². The number of nitrogens with one attached hydrogen (secondary N) is 1. The van der Waals surface area contributed by atoms with E-state index in [0.29, 0.717) is 0 Å².